The van der Waals surface area contributed by atoms with E-state index in [1.165, 1.54) is 11.0 Å². The number of carbonyl (C=O) groups is 2. The minimum absolute atomic E-state index is 0.00847. The Kier molecular flexibility index (Phi) is 6.98. The fourth-order valence-corrected chi connectivity index (χ4v) is 3.14. The third-order valence-electron chi connectivity index (χ3n) is 4.31. The van der Waals surface area contributed by atoms with Gasteiger partial charge in [0.15, 0.2) is 16.6 Å². The van der Waals surface area contributed by atoms with Crippen molar-refractivity contribution in [1.82, 2.24) is 10.2 Å². The van der Waals surface area contributed by atoms with Crippen LogP contribution in [0.4, 0.5) is 0 Å². The summed E-state index contributed by atoms with van der Waals surface area (Å²) in [4.78, 5) is 26.3. The number of amides is 2. The monoisotopic (exact) mass is 422 g/mol. The van der Waals surface area contributed by atoms with Crippen LogP contribution < -0.4 is 14.8 Å². The molecule has 1 fully saturated rings. The van der Waals surface area contributed by atoms with Crippen LogP contribution >= 0.6 is 12.2 Å². The Morgan fingerprint density at radius 1 is 1.10 bits per heavy atom. The van der Waals surface area contributed by atoms with E-state index in [0.29, 0.717) is 30.3 Å². The second kappa shape index (κ2) is 9.84. The molecule has 1 heterocycles. The van der Waals surface area contributed by atoms with E-state index in [2.05, 4.69) is 11.9 Å². The molecule has 0 unspecified atom stereocenters. The van der Waals surface area contributed by atoms with Crippen molar-refractivity contribution in [2.75, 3.05) is 13.2 Å². The van der Waals surface area contributed by atoms with Gasteiger partial charge in [0.25, 0.3) is 11.8 Å². The summed E-state index contributed by atoms with van der Waals surface area (Å²) in [5.41, 5.74) is 1.66. The van der Waals surface area contributed by atoms with Crippen molar-refractivity contribution >= 4 is 35.2 Å². The van der Waals surface area contributed by atoms with Crippen LogP contribution in [-0.4, -0.2) is 35.0 Å². The van der Waals surface area contributed by atoms with E-state index in [1.54, 1.807) is 24.3 Å². The summed E-state index contributed by atoms with van der Waals surface area (Å²) < 4.78 is 11.6. The summed E-state index contributed by atoms with van der Waals surface area (Å²) in [5.74, 6) is 0.111. The summed E-state index contributed by atoms with van der Waals surface area (Å²) in [7, 11) is 0. The number of hydrogen-bond donors (Lipinski definition) is 1. The fourth-order valence-electron chi connectivity index (χ4n) is 2.89. The summed E-state index contributed by atoms with van der Waals surface area (Å²) in [6.07, 6.45) is 3.06. The maximum Gasteiger partial charge on any atom is 0.265 e. The quantitative estimate of drug-likeness (QED) is 0.305. The molecule has 1 aliphatic heterocycles. The molecule has 0 aromatic heterocycles. The van der Waals surface area contributed by atoms with Crippen molar-refractivity contribution in [2.24, 2.45) is 0 Å². The van der Waals surface area contributed by atoms with Crippen molar-refractivity contribution in [1.29, 1.82) is 0 Å². The smallest absolute Gasteiger partial charge is 0.265 e. The van der Waals surface area contributed by atoms with Crippen LogP contribution in [0.15, 0.2) is 66.8 Å². The van der Waals surface area contributed by atoms with Crippen molar-refractivity contribution in [3.05, 3.63) is 77.9 Å². The van der Waals surface area contributed by atoms with Gasteiger partial charge in [0.2, 0.25) is 0 Å². The zero-order chi connectivity index (χ0) is 21.5. The summed E-state index contributed by atoms with van der Waals surface area (Å²) >= 11 is 5.07. The Morgan fingerprint density at radius 3 is 2.57 bits per heavy atom. The Bertz CT molecular complexity index is 1000. The number of thiocarbonyl (C=S) groups is 1. The molecule has 1 saturated heterocycles. The number of benzene rings is 2. The van der Waals surface area contributed by atoms with Crippen LogP contribution in [0, 0.1) is 0 Å². The van der Waals surface area contributed by atoms with Crippen molar-refractivity contribution < 1.29 is 19.1 Å². The van der Waals surface area contributed by atoms with E-state index in [0.717, 1.165) is 5.56 Å². The third kappa shape index (κ3) is 4.93. The first-order valence-electron chi connectivity index (χ1n) is 9.46. The molecule has 0 aliphatic carbocycles. The number of carbonyl (C=O) groups excluding carboxylic acids is 2. The third-order valence-corrected chi connectivity index (χ3v) is 4.64. The van der Waals surface area contributed by atoms with Crippen LogP contribution in [0.5, 0.6) is 11.5 Å². The normalized spacial score (nSPS) is 15.2. The van der Waals surface area contributed by atoms with E-state index in [-0.39, 0.29) is 17.2 Å². The Hall–Kier alpha value is -3.45. The first-order chi connectivity index (χ1) is 14.5. The van der Waals surface area contributed by atoms with Crippen LogP contribution in [0.1, 0.15) is 18.1 Å². The molecule has 2 amide bonds. The lowest BCUT2D eigenvalue weighted by atomic mass is 10.1. The van der Waals surface area contributed by atoms with Gasteiger partial charge in [-0.05, 0) is 48.5 Å². The predicted molar refractivity (Wildman–Crippen MR) is 119 cm³/mol. The Morgan fingerprint density at radius 2 is 1.87 bits per heavy atom. The summed E-state index contributed by atoms with van der Waals surface area (Å²) in [6.45, 7) is 6.55. The highest BCUT2D eigenvalue weighted by molar-refractivity contribution is 7.80. The van der Waals surface area contributed by atoms with Gasteiger partial charge in [-0.3, -0.25) is 19.8 Å². The van der Waals surface area contributed by atoms with Crippen LogP contribution in [0.2, 0.25) is 0 Å². The molecule has 6 nitrogen and oxygen atoms in total. The molecular formula is C23H22N2O4S. The molecule has 2 aromatic carbocycles. The van der Waals surface area contributed by atoms with Gasteiger partial charge < -0.3 is 9.47 Å². The lowest BCUT2D eigenvalue weighted by Gasteiger charge is -2.27. The maximum absolute atomic E-state index is 12.7. The highest BCUT2D eigenvalue weighted by atomic mass is 32.1. The second-order valence-corrected chi connectivity index (χ2v) is 6.82. The first kappa shape index (κ1) is 21.3. The number of hydrogen-bond acceptors (Lipinski definition) is 5. The van der Waals surface area contributed by atoms with Crippen LogP contribution in [0.25, 0.3) is 6.08 Å². The minimum Gasteiger partial charge on any atom is -0.490 e. The standard InChI is InChI=1S/C23H22N2O4S/c1-3-12-25-22(27)18(21(26)24-23(25)30)13-17-10-11-19(20(14-17)28-4-2)29-15-16-8-6-5-7-9-16/h3,5-11,13-14H,1,4,12,15H2,2H3,(H,24,26,30). The molecule has 0 saturated carbocycles. The SMILES string of the molecule is C=CCN1C(=O)C(=Cc2ccc(OCc3ccccc3)c(OCC)c2)C(=O)NC1=S. The van der Waals surface area contributed by atoms with Crippen molar-refractivity contribution in [3.63, 3.8) is 0 Å². The predicted octanol–water partition coefficient (Wildman–Crippen LogP) is 3.48. The summed E-state index contributed by atoms with van der Waals surface area (Å²) in [5, 5.41) is 2.60. The zero-order valence-corrected chi connectivity index (χ0v) is 17.4. The lowest BCUT2D eigenvalue weighted by molar-refractivity contribution is -0.128. The van der Waals surface area contributed by atoms with Gasteiger partial charge in [0.1, 0.15) is 12.2 Å². The van der Waals surface area contributed by atoms with Gasteiger partial charge in [-0.2, -0.15) is 0 Å². The fraction of sp³-hybridized carbons (Fsp3) is 0.174. The molecule has 1 N–H and O–H groups in total. The molecule has 2 aromatic rings. The second-order valence-electron chi connectivity index (χ2n) is 6.44. The van der Waals surface area contributed by atoms with Gasteiger partial charge in [-0.1, -0.05) is 42.5 Å². The highest BCUT2D eigenvalue weighted by Gasteiger charge is 2.32. The average Bonchev–Trinajstić information content (AvgIpc) is 2.74. The van der Waals surface area contributed by atoms with Crippen LogP contribution in [-0.2, 0) is 16.2 Å². The topological polar surface area (TPSA) is 67.9 Å². The van der Waals surface area contributed by atoms with E-state index in [4.69, 9.17) is 21.7 Å². The first-order valence-corrected chi connectivity index (χ1v) is 9.87. The molecule has 154 valence electrons. The Labute approximate surface area is 180 Å². The number of nitrogens with one attached hydrogen (secondary N) is 1. The molecule has 30 heavy (non-hydrogen) atoms. The van der Waals surface area contributed by atoms with Crippen molar-refractivity contribution in [2.45, 2.75) is 13.5 Å². The van der Waals surface area contributed by atoms with Gasteiger partial charge in [-0.25, -0.2) is 0 Å². The largest absolute Gasteiger partial charge is 0.490 e. The average molecular weight is 423 g/mol. The van der Waals surface area contributed by atoms with Crippen molar-refractivity contribution in [3.8, 4) is 11.5 Å². The zero-order valence-electron chi connectivity index (χ0n) is 16.6. The minimum atomic E-state index is -0.535. The number of nitrogens with zero attached hydrogens (tertiary/aromatic N) is 1. The van der Waals surface area contributed by atoms with Gasteiger partial charge in [0.05, 0.1) is 6.61 Å². The molecule has 0 spiro atoms. The molecule has 0 bridgehead atoms. The van der Waals surface area contributed by atoms with E-state index >= 15 is 0 Å². The molecule has 7 heteroatoms. The maximum atomic E-state index is 12.7. The molecule has 1 aliphatic rings. The molecular weight excluding hydrogens is 400 g/mol. The lowest BCUT2D eigenvalue weighted by Crippen LogP contribution is -2.53. The number of ether oxygens (including phenoxy) is 2. The van der Waals surface area contributed by atoms with Crippen LogP contribution in [0.3, 0.4) is 0 Å². The van der Waals surface area contributed by atoms with E-state index in [1.807, 2.05) is 37.3 Å². The van der Waals surface area contributed by atoms with E-state index < -0.39 is 11.8 Å². The molecule has 3 rings (SSSR count). The van der Waals surface area contributed by atoms with E-state index in [9.17, 15) is 9.59 Å². The number of rotatable bonds is 8. The summed E-state index contributed by atoms with van der Waals surface area (Å²) in [6, 6.07) is 15.1. The molecule has 0 atom stereocenters. The van der Waals surface area contributed by atoms with Gasteiger partial charge in [-0.15, -0.1) is 6.58 Å². The van der Waals surface area contributed by atoms with Gasteiger partial charge in [0, 0.05) is 6.54 Å². The Balaban J connectivity index is 1.85. The molecule has 0 radical (unpaired) electrons. The van der Waals surface area contributed by atoms with Gasteiger partial charge >= 0.3 is 0 Å². The highest BCUT2D eigenvalue weighted by Crippen LogP contribution is 2.30.